The van der Waals surface area contributed by atoms with Crippen LogP contribution >= 0.6 is 27.3 Å². The van der Waals surface area contributed by atoms with E-state index >= 15 is 0 Å². The van der Waals surface area contributed by atoms with Crippen molar-refractivity contribution in [2.24, 2.45) is 0 Å². The molecule has 2 rings (SSSR count). The minimum absolute atomic E-state index is 0.546. The Morgan fingerprint density at radius 1 is 1.57 bits per heavy atom. The fraction of sp³-hybridized carbons (Fsp3) is 0.200. The highest BCUT2D eigenvalue weighted by molar-refractivity contribution is 9.10. The summed E-state index contributed by atoms with van der Waals surface area (Å²) < 4.78 is 6.18. The SMILES string of the molecule is OC(Cc1cc(Br)cs1)c1ccco1. The zero-order chi connectivity index (χ0) is 9.97. The van der Waals surface area contributed by atoms with Crippen molar-refractivity contribution < 1.29 is 9.52 Å². The van der Waals surface area contributed by atoms with Gasteiger partial charge in [-0.05, 0) is 34.1 Å². The van der Waals surface area contributed by atoms with E-state index in [1.165, 1.54) is 0 Å². The van der Waals surface area contributed by atoms with E-state index in [4.69, 9.17) is 4.42 Å². The fourth-order valence-corrected chi connectivity index (χ4v) is 2.72. The zero-order valence-electron chi connectivity index (χ0n) is 7.31. The van der Waals surface area contributed by atoms with Crippen molar-refractivity contribution in [2.75, 3.05) is 0 Å². The maximum absolute atomic E-state index is 9.77. The molecule has 0 aliphatic rings. The molecule has 0 bridgehead atoms. The van der Waals surface area contributed by atoms with E-state index < -0.39 is 6.10 Å². The summed E-state index contributed by atoms with van der Waals surface area (Å²) in [4.78, 5) is 1.14. The molecule has 0 fully saturated rings. The molecule has 0 saturated carbocycles. The van der Waals surface area contributed by atoms with Crippen molar-refractivity contribution in [1.29, 1.82) is 0 Å². The average molecular weight is 273 g/mol. The molecular formula is C10H9BrO2S. The van der Waals surface area contributed by atoms with Crippen LogP contribution in [-0.2, 0) is 6.42 Å². The van der Waals surface area contributed by atoms with Gasteiger partial charge in [0.25, 0.3) is 0 Å². The topological polar surface area (TPSA) is 33.4 Å². The van der Waals surface area contributed by atoms with Gasteiger partial charge in [0.1, 0.15) is 11.9 Å². The molecule has 1 unspecified atom stereocenters. The Morgan fingerprint density at radius 3 is 3.00 bits per heavy atom. The quantitative estimate of drug-likeness (QED) is 0.930. The maximum Gasteiger partial charge on any atom is 0.132 e. The molecule has 0 aliphatic carbocycles. The first-order chi connectivity index (χ1) is 6.75. The molecule has 14 heavy (non-hydrogen) atoms. The largest absolute Gasteiger partial charge is 0.467 e. The third-order valence-electron chi connectivity index (χ3n) is 1.89. The highest BCUT2D eigenvalue weighted by Gasteiger charge is 2.12. The van der Waals surface area contributed by atoms with Gasteiger partial charge in [0.2, 0.25) is 0 Å². The van der Waals surface area contributed by atoms with Crippen molar-refractivity contribution in [1.82, 2.24) is 0 Å². The number of furan rings is 1. The van der Waals surface area contributed by atoms with Crippen LogP contribution in [0, 0.1) is 0 Å². The number of aliphatic hydroxyl groups is 1. The molecule has 0 spiro atoms. The number of hydrogen-bond acceptors (Lipinski definition) is 3. The predicted molar refractivity (Wildman–Crippen MR) is 59.4 cm³/mol. The number of halogens is 1. The average Bonchev–Trinajstić information content (AvgIpc) is 2.75. The van der Waals surface area contributed by atoms with Gasteiger partial charge in [0.05, 0.1) is 6.26 Å². The fourth-order valence-electron chi connectivity index (χ4n) is 1.23. The standard InChI is InChI=1S/C10H9BrO2S/c11-7-4-8(14-6-7)5-9(12)10-2-1-3-13-10/h1-4,6,9,12H,5H2. The number of thiophene rings is 1. The Balaban J connectivity index is 2.05. The molecule has 1 atom stereocenters. The molecule has 0 aliphatic heterocycles. The van der Waals surface area contributed by atoms with E-state index in [1.807, 2.05) is 11.4 Å². The molecule has 0 saturated heterocycles. The van der Waals surface area contributed by atoms with Gasteiger partial charge in [0, 0.05) is 21.2 Å². The summed E-state index contributed by atoms with van der Waals surface area (Å²) in [5.41, 5.74) is 0. The second-order valence-corrected chi connectivity index (χ2v) is 4.88. The van der Waals surface area contributed by atoms with E-state index in [2.05, 4.69) is 15.9 Å². The van der Waals surface area contributed by atoms with Crippen molar-refractivity contribution in [2.45, 2.75) is 12.5 Å². The van der Waals surface area contributed by atoms with Crippen LogP contribution < -0.4 is 0 Å². The van der Waals surface area contributed by atoms with Crippen LogP contribution in [0.1, 0.15) is 16.7 Å². The molecule has 74 valence electrons. The number of rotatable bonds is 3. The van der Waals surface area contributed by atoms with Gasteiger partial charge in [-0.15, -0.1) is 11.3 Å². The van der Waals surface area contributed by atoms with E-state index in [1.54, 1.807) is 29.7 Å². The maximum atomic E-state index is 9.77. The van der Waals surface area contributed by atoms with Gasteiger partial charge in [0.15, 0.2) is 0 Å². The van der Waals surface area contributed by atoms with E-state index in [0.29, 0.717) is 12.2 Å². The summed E-state index contributed by atoms with van der Waals surface area (Å²) in [5, 5.41) is 11.8. The van der Waals surface area contributed by atoms with Gasteiger partial charge < -0.3 is 9.52 Å². The van der Waals surface area contributed by atoms with Crippen molar-refractivity contribution in [3.63, 3.8) is 0 Å². The van der Waals surface area contributed by atoms with Gasteiger partial charge in [-0.3, -0.25) is 0 Å². The van der Waals surface area contributed by atoms with Crippen molar-refractivity contribution in [3.05, 3.63) is 45.0 Å². The van der Waals surface area contributed by atoms with Crippen LogP contribution in [0.3, 0.4) is 0 Å². The molecule has 0 aromatic carbocycles. The van der Waals surface area contributed by atoms with E-state index in [-0.39, 0.29) is 0 Å². The predicted octanol–water partition coefficient (Wildman–Crippen LogP) is 3.38. The summed E-state index contributed by atoms with van der Waals surface area (Å²) in [6, 6.07) is 5.58. The Labute approximate surface area is 94.3 Å². The summed E-state index contributed by atoms with van der Waals surface area (Å²) in [7, 11) is 0. The lowest BCUT2D eigenvalue weighted by Crippen LogP contribution is -1.98. The lowest BCUT2D eigenvalue weighted by Gasteiger charge is -2.04. The van der Waals surface area contributed by atoms with Crippen LogP contribution in [0.25, 0.3) is 0 Å². The first-order valence-corrected chi connectivity index (χ1v) is 5.87. The Morgan fingerprint density at radius 2 is 2.43 bits per heavy atom. The van der Waals surface area contributed by atoms with Gasteiger partial charge >= 0.3 is 0 Å². The second-order valence-electron chi connectivity index (χ2n) is 2.97. The number of aliphatic hydroxyl groups excluding tert-OH is 1. The molecule has 2 heterocycles. The molecule has 0 radical (unpaired) electrons. The summed E-state index contributed by atoms with van der Waals surface area (Å²) >= 11 is 5.00. The Bertz CT molecular complexity index is 394. The van der Waals surface area contributed by atoms with Gasteiger partial charge in [-0.2, -0.15) is 0 Å². The highest BCUT2D eigenvalue weighted by Crippen LogP contribution is 2.25. The van der Waals surface area contributed by atoms with E-state index in [0.717, 1.165) is 9.35 Å². The molecule has 2 aromatic rings. The molecule has 0 amide bonds. The highest BCUT2D eigenvalue weighted by atomic mass is 79.9. The minimum atomic E-state index is -0.546. The summed E-state index contributed by atoms with van der Waals surface area (Å²) in [5.74, 6) is 0.620. The van der Waals surface area contributed by atoms with Crippen molar-refractivity contribution >= 4 is 27.3 Å². The van der Waals surface area contributed by atoms with Crippen LogP contribution in [0.5, 0.6) is 0 Å². The van der Waals surface area contributed by atoms with E-state index in [9.17, 15) is 5.11 Å². The lowest BCUT2D eigenvalue weighted by atomic mass is 10.2. The second kappa shape index (κ2) is 4.29. The van der Waals surface area contributed by atoms with Gasteiger partial charge in [-0.25, -0.2) is 0 Å². The summed E-state index contributed by atoms with van der Waals surface area (Å²) in [6.07, 6.45) is 1.63. The normalized spacial score (nSPS) is 13.0. The van der Waals surface area contributed by atoms with Crippen LogP contribution in [0.4, 0.5) is 0 Å². The molecular weight excluding hydrogens is 264 g/mol. The lowest BCUT2D eigenvalue weighted by molar-refractivity contribution is 0.151. The Kier molecular flexibility index (Phi) is 3.05. The molecule has 4 heteroatoms. The first-order valence-electron chi connectivity index (χ1n) is 4.20. The minimum Gasteiger partial charge on any atom is -0.467 e. The molecule has 2 aromatic heterocycles. The molecule has 1 N–H and O–H groups in total. The van der Waals surface area contributed by atoms with Crippen LogP contribution in [0.15, 0.2) is 38.7 Å². The molecule has 2 nitrogen and oxygen atoms in total. The zero-order valence-corrected chi connectivity index (χ0v) is 9.72. The summed E-state index contributed by atoms with van der Waals surface area (Å²) in [6.45, 7) is 0. The first kappa shape index (κ1) is 9.96. The van der Waals surface area contributed by atoms with Crippen LogP contribution in [0.2, 0.25) is 0 Å². The number of hydrogen-bond donors (Lipinski definition) is 1. The smallest absolute Gasteiger partial charge is 0.132 e. The third-order valence-corrected chi connectivity index (χ3v) is 3.61. The van der Waals surface area contributed by atoms with Gasteiger partial charge in [-0.1, -0.05) is 0 Å². The Hall–Kier alpha value is -0.580. The van der Waals surface area contributed by atoms with Crippen LogP contribution in [-0.4, -0.2) is 5.11 Å². The van der Waals surface area contributed by atoms with Crippen molar-refractivity contribution in [3.8, 4) is 0 Å². The third kappa shape index (κ3) is 2.26. The monoisotopic (exact) mass is 272 g/mol.